The second-order valence-electron chi connectivity index (χ2n) is 32.4. The fourth-order valence-electron chi connectivity index (χ4n) is 14.0. The van der Waals surface area contributed by atoms with Crippen molar-refractivity contribution in [2.75, 3.05) is 58.3 Å². The van der Waals surface area contributed by atoms with Crippen molar-refractivity contribution in [3.63, 3.8) is 0 Å². The van der Waals surface area contributed by atoms with Crippen LogP contribution in [-0.4, -0.2) is 101 Å². The predicted octanol–water partition coefficient (Wildman–Crippen LogP) is 23.8. The number of methoxy groups -OCH3 is 1. The van der Waals surface area contributed by atoms with Crippen molar-refractivity contribution in [1.29, 1.82) is 0 Å². The third-order valence-corrected chi connectivity index (χ3v) is 27.5. The molecule has 113 heavy (non-hydrogen) atoms. The van der Waals surface area contributed by atoms with Gasteiger partial charge in [-0.3, -0.25) is 4.55 Å². The molecule has 0 saturated carbocycles. The molecular weight excluding hydrogens is 1510 g/mol. The maximum Gasteiger partial charge on any atom is 0.264 e. The Labute approximate surface area is 681 Å². The summed E-state index contributed by atoms with van der Waals surface area (Å²) in [7, 11) is -8.99. The van der Waals surface area contributed by atoms with E-state index in [0.29, 0.717) is 74.6 Å². The molecule has 8 aromatic carbocycles. The molecule has 0 amide bonds. The van der Waals surface area contributed by atoms with E-state index in [1.807, 2.05) is 43.3 Å². The first kappa shape index (κ1) is 90.7. The van der Waals surface area contributed by atoms with E-state index >= 15 is 0 Å². The van der Waals surface area contributed by atoms with Crippen LogP contribution in [-0.2, 0) is 52.3 Å². The summed E-state index contributed by atoms with van der Waals surface area (Å²) >= 11 is 1.02. The Morgan fingerprint density at radius 1 is 0.504 bits per heavy atom. The lowest BCUT2D eigenvalue weighted by atomic mass is 9.76. The minimum Gasteiger partial charge on any atom is -0.497 e. The van der Waals surface area contributed by atoms with E-state index in [0.717, 1.165) is 138 Å². The van der Waals surface area contributed by atoms with Crippen molar-refractivity contribution in [1.82, 2.24) is 0 Å². The molecule has 0 aromatic heterocycles. The van der Waals surface area contributed by atoms with E-state index in [9.17, 15) is 21.4 Å². The highest BCUT2D eigenvalue weighted by molar-refractivity contribution is 7.94. The first-order valence-electron chi connectivity index (χ1n) is 40.0. The zero-order valence-corrected chi connectivity index (χ0v) is 73.0. The number of rotatable bonds is 52. The number of hydrogen-bond donors (Lipinski definition) is 2. The smallest absolute Gasteiger partial charge is 0.264 e. The average Bonchev–Trinajstić information content (AvgIpc) is 0.780. The molecule has 0 fully saturated rings. The summed E-state index contributed by atoms with van der Waals surface area (Å²) < 4.78 is 116. The van der Waals surface area contributed by atoms with Crippen LogP contribution in [0.25, 0.3) is 0 Å². The standard InChI is InChI=1S/C92H122O16S3Si2/c1-14-81(15-2)100-51-17-16-18-52-105-90-49-39-79(63-77(90)37-35-75(73-29-21-33-86(67-73)103-55-25-59-112(8,9)10)61-69(3)71-27-19-31-84(65-71)101-53-23-57-109-108-107-93)92(5,6)80-40-50-91(106-83-43-47-89(48-44-83)111(97,98)88-45-41-82(99-7)42-46-88)78(64-80)38-36-76(74-30-22-34-87(68-74)104-56-26-60-113(11,12)13)62-70(4)72-28-20-32-85(66-72)102-54-24-58-110(94,95)96/h14-15,19-22,27-34,39-50,63-70,75-76,93H,1,16-18,23-26,35-38,51-62H2,2-13H3,(H,94,95,96)/b81-15+. The molecule has 21 heteroatoms. The molecule has 612 valence electrons. The Hall–Kier alpha value is -7.84. The van der Waals surface area contributed by atoms with Crippen LogP contribution in [0, 0.1) is 0 Å². The third-order valence-electron chi connectivity index (χ3n) is 20.6. The van der Waals surface area contributed by atoms with Crippen LogP contribution in [0.5, 0.6) is 46.0 Å². The first-order chi connectivity index (χ1) is 54.0. The third kappa shape index (κ3) is 30.7. The maximum absolute atomic E-state index is 14.0. The monoisotopic (exact) mass is 1630 g/mol. The van der Waals surface area contributed by atoms with Gasteiger partial charge < -0.3 is 37.9 Å². The van der Waals surface area contributed by atoms with Crippen LogP contribution in [0.3, 0.4) is 0 Å². The van der Waals surface area contributed by atoms with Crippen molar-refractivity contribution in [3.05, 3.63) is 251 Å². The number of sulfone groups is 1. The number of benzene rings is 8. The number of aryl methyl sites for hydroxylation is 2. The zero-order valence-electron chi connectivity index (χ0n) is 68.6. The van der Waals surface area contributed by atoms with Gasteiger partial charge in [-0.15, -0.1) is 4.33 Å². The second kappa shape index (κ2) is 44.9. The van der Waals surface area contributed by atoms with Crippen molar-refractivity contribution < 1.29 is 73.9 Å². The lowest BCUT2D eigenvalue weighted by molar-refractivity contribution is -0.432. The quantitative estimate of drug-likeness (QED) is 0.00532. The molecular formula is C92H122O16S3Si2. The molecule has 0 saturated heterocycles. The highest BCUT2D eigenvalue weighted by atomic mass is 32.2. The molecule has 0 spiro atoms. The van der Waals surface area contributed by atoms with Gasteiger partial charge in [0, 0.05) is 39.4 Å². The topological polar surface area (TPSA) is 201 Å². The first-order valence-corrected chi connectivity index (χ1v) is 51.4. The number of allylic oxidation sites excluding steroid dienone is 2. The summed E-state index contributed by atoms with van der Waals surface area (Å²) in [5, 5.41) is 12.3. The summed E-state index contributed by atoms with van der Waals surface area (Å²) in [4.78, 5) is 0.289. The highest BCUT2D eigenvalue weighted by Crippen LogP contribution is 2.43. The molecule has 0 aliphatic heterocycles. The second-order valence-corrected chi connectivity index (χ2v) is 47.9. The van der Waals surface area contributed by atoms with Crippen LogP contribution in [0.15, 0.2) is 216 Å². The fourth-order valence-corrected chi connectivity index (χ4v) is 18.5. The molecule has 4 unspecified atom stereocenters. The Kier molecular flexibility index (Phi) is 36.0. The van der Waals surface area contributed by atoms with Crippen molar-refractivity contribution in [2.45, 2.75) is 208 Å². The van der Waals surface area contributed by atoms with Gasteiger partial charge in [0.2, 0.25) is 9.84 Å². The minimum atomic E-state index is -4.12. The Bertz CT molecular complexity index is 4500. The molecule has 0 aliphatic rings. The normalized spacial score (nSPS) is 13.3. The number of ether oxygens (including phenoxy) is 8. The average molecular weight is 1640 g/mol. The van der Waals surface area contributed by atoms with Gasteiger partial charge >= 0.3 is 0 Å². The van der Waals surface area contributed by atoms with Gasteiger partial charge in [0.1, 0.15) is 51.8 Å². The molecule has 8 aromatic rings. The minimum absolute atomic E-state index is 0.0185. The van der Waals surface area contributed by atoms with E-state index in [1.54, 1.807) is 61.7 Å². The number of hydrogen-bond acceptors (Lipinski definition) is 16. The van der Waals surface area contributed by atoms with Crippen LogP contribution >= 0.6 is 12.0 Å². The number of unbranched alkanes of at least 4 members (excludes halogenated alkanes) is 2. The van der Waals surface area contributed by atoms with Gasteiger partial charge in [-0.2, -0.15) is 8.42 Å². The van der Waals surface area contributed by atoms with Crippen molar-refractivity contribution in [2.24, 2.45) is 0 Å². The van der Waals surface area contributed by atoms with Gasteiger partial charge in [-0.1, -0.05) is 163 Å². The summed E-state index contributed by atoms with van der Waals surface area (Å²) in [5.74, 6) is 7.00. The maximum atomic E-state index is 14.0. The Morgan fingerprint density at radius 2 is 0.938 bits per heavy atom. The molecule has 2 N–H and O–H groups in total. The molecule has 0 radical (unpaired) electrons. The summed E-state index contributed by atoms with van der Waals surface area (Å²) in [6, 6.07) is 62.2. The SMILES string of the molecule is C=C/C(=C\C)OCCCCCOc1ccc(C(C)(C)c2ccc(Oc3ccc(S(=O)(=O)c4ccc(OC)cc4)cc3)c(CCC(CC(C)c3cccc(OCCCS(=O)(=O)O)c3)c3cccc(OCCC[Si](C)(C)C)c3)c2)cc1CCC(CC(C)c1cccc(OCCCSOOO)c1)c1cccc(OCCC[Si](C)(C)C)c1. The van der Waals surface area contributed by atoms with Crippen LogP contribution in [0.2, 0.25) is 51.4 Å². The zero-order chi connectivity index (χ0) is 81.4. The van der Waals surface area contributed by atoms with Gasteiger partial charge in [0.15, 0.2) is 0 Å². The van der Waals surface area contributed by atoms with Gasteiger partial charge in [0.05, 0.1) is 62.3 Å². The van der Waals surface area contributed by atoms with Gasteiger partial charge in [-0.05, 0) is 280 Å². The molecule has 0 aliphatic carbocycles. The molecule has 8 rings (SSSR count). The summed E-state index contributed by atoms with van der Waals surface area (Å²) in [6.45, 7) is 32.3. The van der Waals surface area contributed by atoms with E-state index in [1.165, 1.54) is 23.2 Å². The fraction of sp³-hybridized carbons (Fsp3) is 0.435. The molecule has 0 heterocycles. The molecule has 4 atom stereocenters. The van der Waals surface area contributed by atoms with Crippen molar-refractivity contribution >= 4 is 48.1 Å². The van der Waals surface area contributed by atoms with Crippen LogP contribution in [0.1, 0.15) is 173 Å². The lowest BCUT2D eigenvalue weighted by Gasteiger charge is -2.29. The van der Waals surface area contributed by atoms with Gasteiger partial charge in [0.25, 0.3) is 10.1 Å². The van der Waals surface area contributed by atoms with E-state index in [2.05, 4.69) is 186 Å². The van der Waals surface area contributed by atoms with Crippen LogP contribution < -0.4 is 33.2 Å². The largest absolute Gasteiger partial charge is 0.497 e. The summed E-state index contributed by atoms with van der Waals surface area (Å²) in [5.41, 5.74) is 8.36. The summed E-state index contributed by atoms with van der Waals surface area (Å²) in [6.07, 6.45) is 13.7. The Morgan fingerprint density at radius 3 is 1.40 bits per heavy atom. The molecule has 16 nitrogen and oxygen atoms in total. The van der Waals surface area contributed by atoms with Crippen LogP contribution in [0.4, 0.5) is 0 Å². The molecule has 0 bridgehead atoms. The Balaban J connectivity index is 1.17. The lowest BCUT2D eigenvalue weighted by Crippen LogP contribution is -2.20. The highest BCUT2D eigenvalue weighted by Gasteiger charge is 2.29. The van der Waals surface area contributed by atoms with Gasteiger partial charge in [-0.25, -0.2) is 13.7 Å². The van der Waals surface area contributed by atoms with Crippen molar-refractivity contribution in [3.8, 4) is 46.0 Å². The van der Waals surface area contributed by atoms with E-state index in [4.69, 9.17) is 43.2 Å². The predicted molar refractivity (Wildman–Crippen MR) is 464 cm³/mol. The van der Waals surface area contributed by atoms with E-state index < -0.39 is 41.5 Å². The van der Waals surface area contributed by atoms with E-state index in [-0.39, 0.29) is 52.2 Å².